The van der Waals surface area contributed by atoms with Crippen LogP contribution >= 0.6 is 12.2 Å². The van der Waals surface area contributed by atoms with Gasteiger partial charge in [-0.3, -0.25) is 4.79 Å². The van der Waals surface area contributed by atoms with Crippen molar-refractivity contribution in [2.75, 3.05) is 26.2 Å². The van der Waals surface area contributed by atoms with Gasteiger partial charge in [0.2, 0.25) is 0 Å². The molecule has 0 aromatic carbocycles. The minimum Gasteiger partial charge on any atom is -0.352 e. The lowest BCUT2D eigenvalue weighted by Crippen LogP contribution is -2.35. The molecule has 1 saturated heterocycles. The van der Waals surface area contributed by atoms with Gasteiger partial charge >= 0.3 is 0 Å². The van der Waals surface area contributed by atoms with Crippen molar-refractivity contribution in [1.29, 1.82) is 0 Å². The Balaban J connectivity index is 1.67. The summed E-state index contributed by atoms with van der Waals surface area (Å²) < 4.78 is 0.495. The molecule has 110 valence electrons. The number of hydrogen-bond acceptors (Lipinski definition) is 3. The van der Waals surface area contributed by atoms with Crippen LogP contribution in [0.5, 0.6) is 0 Å². The van der Waals surface area contributed by atoms with Crippen molar-refractivity contribution >= 4 is 18.1 Å². The summed E-state index contributed by atoms with van der Waals surface area (Å²) in [5.74, 6) is 0.782. The largest absolute Gasteiger partial charge is 0.352 e. The number of hydrogen-bond donors (Lipinski definition) is 2. The van der Waals surface area contributed by atoms with Crippen molar-refractivity contribution in [2.24, 2.45) is 5.92 Å². The number of aromatic nitrogens is 1. The summed E-state index contributed by atoms with van der Waals surface area (Å²) in [7, 11) is 0. The van der Waals surface area contributed by atoms with Gasteiger partial charge in [-0.25, -0.2) is 0 Å². The Labute approximate surface area is 125 Å². The zero-order valence-electron chi connectivity index (χ0n) is 12.0. The molecule has 2 N–H and O–H groups in total. The Kier molecular flexibility index (Phi) is 5.73. The van der Waals surface area contributed by atoms with E-state index in [-0.39, 0.29) is 5.91 Å². The van der Waals surface area contributed by atoms with Crippen molar-refractivity contribution in [2.45, 2.75) is 26.2 Å². The zero-order chi connectivity index (χ0) is 14.4. The Morgan fingerprint density at radius 1 is 1.50 bits per heavy atom. The molecular weight excluding hydrogens is 270 g/mol. The highest BCUT2D eigenvalue weighted by atomic mass is 32.1. The van der Waals surface area contributed by atoms with Gasteiger partial charge in [-0.15, -0.1) is 0 Å². The number of pyridine rings is 1. The van der Waals surface area contributed by atoms with Crippen molar-refractivity contribution in [3.8, 4) is 0 Å². The van der Waals surface area contributed by atoms with Gasteiger partial charge in [0.05, 0.1) is 5.56 Å². The number of nitrogens with zero attached hydrogens (tertiary/aromatic N) is 1. The number of rotatable bonds is 5. The molecule has 0 saturated carbocycles. The monoisotopic (exact) mass is 293 g/mol. The second-order valence-electron chi connectivity index (χ2n) is 5.55. The molecule has 0 unspecified atom stereocenters. The predicted octanol–water partition coefficient (Wildman–Crippen LogP) is 2.60. The number of H-pyrrole nitrogens is 1. The van der Waals surface area contributed by atoms with Crippen LogP contribution in [-0.4, -0.2) is 42.0 Å². The number of likely N-dealkylation sites (tertiary alicyclic amines) is 1. The van der Waals surface area contributed by atoms with E-state index in [0.717, 1.165) is 18.9 Å². The van der Waals surface area contributed by atoms with Crippen LogP contribution in [0.2, 0.25) is 0 Å². The summed E-state index contributed by atoms with van der Waals surface area (Å²) in [5, 5.41) is 2.94. The van der Waals surface area contributed by atoms with Crippen LogP contribution in [0, 0.1) is 10.6 Å². The molecular formula is C15H23N3OS. The van der Waals surface area contributed by atoms with E-state index in [4.69, 9.17) is 12.2 Å². The minimum atomic E-state index is -0.0842. The van der Waals surface area contributed by atoms with E-state index < -0.39 is 0 Å². The zero-order valence-corrected chi connectivity index (χ0v) is 12.8. The highest BCUT2D eigenvalue weighted by molar-refractivity contribution is 7.71. The second kappa shape index (κ2) is 7.55. The third-order valence-electron chi connectivity index (χ3n) is 3.88. The normalized spacial score (nSPS) is 17.1. The summed E-state index contributed by atoms with van der Waals surface area (Å²) in [5.41, 5.74) is 0.550. The SMILES string of the molecule is CC1CCN(CCCNC(=O)c2ccc[nH]c2=S)CC1. The fourth-order valence-corrected chi connectivity index (χ4v) is 2.71. The standard InChI is InChI=1S/C15H23N3OS/c1-12-5-10-18(11-6-12)9-3-8-16-14(19)13-4-2-7-17-15(13)20/h2,4,7,12H,3,5-6,8-11H2,1H3,(H,16,19)(H,17,20). The van der Waals surface area contributed by atoms with Crippen LogP contribution < -0.4 is 5.32 Å². The van der Waals surface area contributed by atoms with Crippen molar-refractivity contribution in [3.63, 3.8) is 0 Å². The van der Waals surface area contributed by atoms with Crippen LogP contribution in [0.4, 0.5) is 0 Å². The molecule has 1 aromatic heterocycles. The second-order valence-corrected chi connectivity index (χ2v) is 5.95. The van der Waals surface area contributed by atoms with Crippen LogP contribution in [0.15, 0.2) is 18.3 Å². The van der Waals surface area contributed by atoms with Crippen LogP contribution in [0.25, 0.3) is 0 Å². The van der Waals surface area contributed by atoms with Crippen LogP contribution in [-0.2, 0) is 0 Å². The maximum Gasteiger partial charge on any atom is 0.254 e. The molecule has 0 atom stereocenters. The van der Waals surface area contributed by atoms with E-state index in [2.05, 4.69) is 22.1 Å². The summed E-state index contributed by atoms with van der Waals surface area (Å²) in [4.78, 5) is 17.3. The number of aromatic amines is 1. The average molecular weight is 293 g/mol. The van der Waals surface area contributed by atoms with E-state index in [0.29, 0.717) is 16.7 Å². The van der Waals surface area contributed by atoms with Gasteiger partial charge in [-0.05, 0) is 56.9 Å². The molecule has 0 bridgehead atoms. The number of carbonyl (C=O) groups excluding carboxylic acids is 1. The number of carbonyl (C=O) groups is 1. The first-order valence-corrected chi connectivity index (χ1v) is 7.76. The summed E-state index contributed by atoms with van der Waals surface area (Å²) >= 11 is 5.10. The van der Waals surface area contributed by atoms with E-state index in [1.165, 1.54) is 25.9 Å². The fourth-order valence-electron chi connectivity index (χ4n) is 2.49. The van der Waals surface area contributed by atoms with Crippen LogP contribution in [0.1, 0.15) is 36.5 Å². The molecule has 0 aliphatic carbocycles. The lowest BCUT2D eigenvalue weighted by molar-refractivity contribution is 0.0949. The van der Waals surface area contributed by atoms with Gasteiger partial charge in [-0.2, -0.15) is 0 Å². The smallest absolute Gasteiger partial charge is 0.254 e. The molecule has 2 heterocycles. The topological polar surface area (TPSA) is 48.1 Å². The molecule has 5 heteroatoms. The number of nitrogens with one attached hydrogen (secondary N) is 2. The minimum absolute atomic E-state index is 0.0842. The molecule has 1 aliphatic heterocycles. The first-order valence-electron chi connectivity index (χ1n) is 7.35. The fraction of sp³-hybridized carbons (Fsp3) is 0.600. The Morgan fingerprint density at radius 3 is 2.95 bits per heavy atom. The van der Waals surface area contributed by atoms with Gasteiger partial charge < -0.3 is 15.2 Å². The van der Waals surface area contributed by atoms with E-state index in [1.807, 2.05) is 0 Å². The molecule has 1 amide bonds. The Hall–Kier alpha value is -1.20. The molecule has 20 heavy (non-hydrogen) atoms. The van der Waals surface area contributed by atoms with E-state index >= 15 is 0 Å². The van der Waals surface area contributed by atoms with E-state index in [1.54, 1.807) is 18.3 Å². The number of amides is 1. The molecule has 1 aromatic rings. The summed E-state index contributed by atoms with van der Waals surface area (Å²) in [6, 6.07) is 3.54. The van der Waals surface area contributed by atoms with Crippen molar-refractivity contribution in [1.82, 2.24) is 15.2 Å². The Bertz CT molecular complexity index is 492. The molecule has 1 fully saturated rings. The molecule has 1 aliphatic rings. The maximum absolute atomic E-state index is 11.9. The quantitative estimate of drug-likeness (QED) is 0.648. The van der Waals surface area contributed by atoms with Gasteiger partial charge in [-0.1, -0.05) is 19.1 Å². The molecule has 0 radical (unpaired) electrons. The van der Waals surface area contributed by atoms with Crippen molar-refractivity contribution in [3.05, 3.63) is 28.5 Å². The summed E-state index contributed by atoms with van der Waals surface area (Å²) in [6.45, 7) is 6.47. The maximum atomic E-state index is 11.9. The lowest BCUT2D eigenvalue weighted by atomic mass is 9.99. The summed E-state index contributed by atoms with van der Waals surface area (Å²) in [6.07, 6.45) is 5.32. The number of piperidine rings is 1. The third-order valence-corrected chi connectivity index (χ3v) is 4.21. The first kappa shape index (κ1) is 15.2. The van der Waals surface area contributed by atoms with Crippen LogP contribution in [0.3, 0.4) is 0 Å². The Morgan fingerprint density at radius 2 is 2.25 bits per heavy atom. The van der Waals surface area contributed by atoms with E-state index in [9.17, 15) is 4.79 Å². The highest BCUT2D eigenvalue weighted by Crippen LogP contribution is 2.15. The molecule has 0 spiro atoms. The average Bonchev–Trinajstić information content (AvgIpc) is 2.46. The molecule has 2 rings (SSSR count). The predicted molar refractivity (Wildman–Crippen MR) is 83.4 cm³/mol. The van der Waals surface area contributed by atoms with Gasteiger partial charge in [0.1, 0.15) is 4.64 Å². The third kappa shape index (κ3) is 4.42. The van der Waals surface area contributed by atoms with Gasteiger partial charge in [0.15, 0.2) is 0 Å². The van der Waals surface area contributed by atoms with Crippen molar-refractivity contribution < 1.29 is 4.79 Å². The highest BCUT2D eigenvalue weighted by Gasteiger charge is 2.15. The first-order chi connectivity index (χ1) is 9.66. The van der Waals surface area contributed by atoms with Gasteiger partial charge in [0.25, 0.3) is 5.91 Å². The lowest BCUT2D eigenvalue weighted by Gasteiger charge is -2.30. The van der Waals surface area contributed by atoms with Gasteiger partial charge in [0, 0.05) is 12.7 Å². The molecule has 4 nitrogen and oxygen atoms in total.